The van der Waals surface area contributed by atoms with Crippen LogP contribution < -0.4 is 4.90 Å². The third kappa shape index (κ3) is 17.4. The number of nitrogens with one attached hydrogen (secondary N) is 1. The molecular formula is C21H40N4. The average molecular weight is 349 g/mol. The molecule has 0 radical (unpaired) electrons. The van der Waals surface area contributed by atoms with Crippen LogP contribution in [0, 0.1) is 17.4 Å². The molecule has 1 rings (SSSR count). The van der Waals surface area contributed by atoms with Gasteiger partial charge in [0.2, 0.25) is 0 Å². The van der Waals surface area contributed by atoms with Crippen molar-refractivity contribution in [2.75, 3.05) is 19.6 Å². The SMILES string of the molecule is CCCCCCCCCCCCCC[NH+]1CCC(C)C1.N#CN=C=[N-]. The predicted molar refractivity (Wildman–Crippen MR) is 107 cm³/mol. The highest BCUT2D eigenvalue weighted by Crippen LogP contribution is 2.11. The van der Waals surface area contributed by atoms with E-state index in [2.05, 4.69) is 18.8 Å². The van der Waals surface area contributed by atoms with Gasteiger partial charge in [-0.25, -0.2) is 0 Å². The van der Waals surface area contributed by atoms with Gasteiger partial charge in [0.05, 0.1) is 25.8 Å². The lowest BCUT2D eigenvalue weighted by molar-refractivity contribution is -0.889. The Morgan fingerprint density at radius 2 is 1.48 bits per heavy atom. The van der Waals surface area contributed by atoms with Gasteiger partial charge < -0.3 is 15.3 Å². The number of unbranched alkanes of at least 4 members (excludes halogenated alkanes) is 11. The van der Waals surface area contributed by atoms with Gasteiger partial charge in [-0.3, -0.25) is 0 Å². The van der Waals surface area contributed by atoms with Crippen LogP contribution in [0.3, 0.4) is 0 Å². The van der Waals surface area contributed by atoms with Crippen molar-refractivity contribution in [2.24, 2.45) is 10.9 Å². The van der Waals surface area contributed by atoms with Gasteiger partial charge in [0.1, 0.15) is 0 Å². The highest BCUT2D eigenvalue weighted by molar-refractivity contribution is 5.46. The zero-order chi connectivity index (χ0) is 18.6. The molecule has 1 heterocycles. The van der Waals surface area contributed by atoms with E-state index < -0.39 is 0 Å². The minimum atomic E-state index is 0.988. The summed E-state index contributed by atoms with van der Waals surface area (Å²) in [6.07, 6.45) is 20.4. The zero-order valence-corrected chi connectivity index (χ0v) is 16.7. The fourth-order valence-electron chi connectivity index (χ4n) is 3.61. The number of hydrogen-bond donors (Lipinski definition) is 1. The smallest absolute Gasteiger partial charge is 0.0925 e. The molecule has 25 heavy (non-hydrogen) atoms. The van der Waals surface area contributed by atoms with Crippen LogP contribution in [0.4, 0.5) is 0 Å². The average Bonchev–Trinajstić information content (AvgIpc) is 3.02. The van der Waals surface area contributed by atoms with Gasteiger partial charge in [0.15, 0.2) is 0 Å². The quantitative estimate of drug-likeness (QED) is 0.289. The first-order chi connectivity index (χ1) is 12.2. The van der Waals surface area contributed by atoms with E-state index in [1.165, 1.54) is 115 Å². The Morgan fingerprint density at radius 3 is 1.84 bits per heavy atom. The molecule has 2 unspecified atom stereocenters. The molecule has 0 spiro atoms. The summed E-state index contributed by atoms with van der Waals surface area (Å²) in [4.78, 5) is 4.46. The largest absolute Gasteiger partial charge is 0.422 e. The Hall–Kier alpha value is -1.17. The summed E-state index contributed by atoms with van der Waals surface area (Å²) < 4.78 is 0. The van der Waals surface area contributed by atoms with Crippen LogP contribution in [-0.2, 0) is 0 Å². The number of quaternary nitrogens is 1. The first-order valence-electron chi connectivity index (χ1n) is 10.6. The summed E-state index contributed by atoms with van der Waals surface area (Å²) in [5.41, 5.74) is 0. The molecule has 0 saturated carbocycles. The van der Waals surface area contributed by atoms with E-state index in [9.17, 15) is 0 Å². The molecule has 0 bridgehead atoms. The van der Waals surface area contributed by atoms with Gasteiger partial charge in [-0.05, 0) is 12.8 Å². The number of rotatable bonds is 13. The highest BCUT2D eigenvalue weighted by Gasteiger charge is 2.21. The molecule has 0 aliphatic carbocycles. The number of nitriles is 1. The summed E-state index contributed by atoms with van der Waals surface area (Å²) in [5, 5.41) is 14.9. The standard InChI is InChI=1S/C19H39N.C2N3/c1-3-4-5-6-7-8-9-10-11-12-13-14-16-20-17-15-19(2)18-20;3-1-5-2-4/h19H,3-18H2,1-2H3;/q;-1/p+1. The van der Waals surface area contributed by atoms with Crippen molar-refractivity contribution >= 4 is 6.01 Å². The van der Waals surface area contributed by atoms with Crippen molar-refractivity contribution in [1.82, 2.24) is 0 Å². The van der Waals surface area contributed by atoms with Crippen molar-refractivity contribution in [3.05, 3.63) is 5.41 Å². The monoisotopic (exact) mass is 348 g/mol. The number of nitrogens with zero attached hydrogens (tertiary/aromatic N) is 3. The highest BCUT2D eigenvalue weighted by atomic mass is 15.1. The van der Waals surface area contributed by atoms with Crippen LogP contribution in [0.5, 0.6) is 0 Å². The third-order valence-corrected chi connectivity index (χ3v) is 5.11. The molecule has 0 amide bonds. The van der Waals surface area contributed by atoms with Gasteiger partial charge >= 0.3 is 0 Å². The Balaban J connectivity index is 0.00000101. The number of likely N-dealkylation sites (tertiary alicyclic amines) is 1. The first-order valence-corrected chi connectivity index (χ1v) is 10.6. The third-order valence-electron chi connectivity index (χ3n) is 5.11. The molecule has 4 nitrogen and oxygen atoms in total. The molecule has 2 atom stereocenters. The van der Waals surface area contributed by atoms with Crippen molar-refractivity contribution in [2.45, 2.75) is 97.3 Å². The van der Waals surface area contributed by atoms with Crippen LogP contribution in [0.1, 0.15) is 97.3 Å². The molecule has 1 fully saturated rings. The van der Waals surface area contributed by atoms with E-state index in [0.29, 0.717) is 0 Å². The summed E-state index contributed by atoms with van der Waals surface area (Å²) in [6, 6.07) is 1.28. The van der Waals surface area contributed by atoms with E-state index in [4.69, 9.17) is 10.7 Å². The molecule has 4 heteroatoms. The maximum absolute atomic E-state index is 7.43. The van der Waals surface area contributed by atoms with Crippen molar-refractivity contribution in [1.29, 1.82) is 5.26 Å². The molecule has 0 aromatic carbocycles. The van der Waals surface area contributed by atoms with Crippen LogP contribution in [-0.4, -0.2) is 25.6 Å². The van der Waals surface area contributed by atoms with Gasteiger partial charge in [-0.15, -0.1) is 6.01 Å². The van der Waals surface area contributed by atoms with Gasteiger partial charge in [0.25, 0.3) is 0 Å². The lowest BCUT2D eigenvalue weighted by Gasteiger charge is -2.12. The van der Waals surface area contributed by atoms with Crippen LogP contribution in [0.2, 0.25) is 0 Å². The zero-order valence-electron chi connectivity index (χ0n) is 16.7. The molecular weight excluding hydrogens is 308 g/mol. The van der Waals surface area contributed by atoms with Crippen molar-refractivity contribution in [3.8, 4) is 6.19 Å². The van der Waals surface area contributed by atoms with E-state index in [0.717, 1.165) is 5.92 Å². The normalized spacial score (nSPS) is 18.8. The second-order valence-electron chi connectivity index (χ2n) is 7.55. The summed E-state index contributed by atoms with van der Waals surface area (Å²) >= 11 is 0. The minimum absolute atomic E-state index is 0.988. The summed E-state index contributed by atoms with van der Waals surface area (Å²) in [6.45, 7) is 9.04. The first kappa shape index (κ1) is 23.8. The van der Waals surface area contributed by atoms with E-state index in [1.54, 1.807) is 0 Å². The predicted octanol–water partition coefficient (Wildman–Crippen LogP) is 4.82. The Labute approximate surface area is 156 Å². The van der Waals surface area contributed by atoms with Gasteiger partial charge in [-0.2, -0.15) is 5.26 Å². The molecule has 1 saturated heterocycles. The number of aliphatic imine (C=N–C) groups is 1. The van der Waals surface area contributed by atoms with Crippen LogP contribution in [0.25, 0.3) is 5.41 Å². The fourth-order valence-corrected chi connectivity index (χ4v) is 3.61. The summed E-state index contributed by atoms with van der Waals surface area (Å²) in [7, 11) is 0. The van der Waals surface area contributed by atoms with Gasteiger partial charge in [-0.1, -0.05) is 78.1 Å². The fraction of sp³-hybridized carbons (Fsp3) is 0.905. The Bertz CT molecular complexity index is 369. The summed E-state index contributed by atoms with van der Waals surface area (Å²) in [5.74, 6) is 0.988. The van der Waals surface area contributed by atoms with E-state index >= 15 is 0 Å². The molecule has 144 valence electrons. The maximum Gasteiger partial charge on any atom is 0.0925 e. The number of hydrogen-bond acceptors (Lipinski definition) is 2. The molecule has 1 aliphatic heterocycles. The molecule has 1 N–H and O–H groups in total. The Morgan fingerprint density at radius 1 is 0.960 bits per heavy atom. The molecule has 0 aromatic rings. The lowest BCUT2D eigenvalue weighted by atomic mass is 10.1. The van der Waals surface area contributed by atoms with Crippen LogP contribution >= 0.6 is 0 Å². The van der Waals surface area contributed by atoms with Crippen LogP contribution in [0.15, 0.2) is 4.99 Å². The lowest BCUT2D eigenvalue weighted by Crippen LogP contribution is -3.10. The Kier molecular flexibility index (Phi) is 18.3. The topological polar surface area (TPSA) is 62.9 Å². The second kappa shape index (κ2) is 19.2. The van der Waals surface area contributed by atoms with E-state index in [1.807, 2.05) is 4.90 Å². The molecule has 1 aliphatic rings. The molecule has 0 aromatic heterocycles. The van der Waals surface area contributed by atoms with Gasteiger partial charge in [0, 0.05) is 12.3 Å². The minimum Gasteiger partial charge on any atom is -0.422 e. The second-order valence-corrected chi connectivity index (χ2v) is 7.55. The van der Waals surface area contributed by atoms with Crippen molar-refractivity contribution in [3.63, 3.8) is 0 Å². The van der Waals surface area contributed by atoms with Crippen molar-refractivity contribution < 1.29 is 4.90 Å². The maximum atomic E-state index is 7.43. The van der Waals surface area contributed by atoms with E-state index in [-0.39, 0.29) is 0 Å².